The highest BCUT2D eigenvalue weighted by atomic mass is 16.2. The SMILES string of the molecule is O=C(CN1CCN(c2ccccn2)CC1)N1CCN(c2ncccn2)CC1. The fraction of sp³-hybridized carbons (Fsp3) is 0.474. The molecule has 2 aliphatic rings. The van der Waals surface area contributed by atoms with Gasteiger partial charge in [0.15, 0.2) is 0 Å². The molecule has 2 aliphatic heterocycles. The van der Waals surface area contributed by atoms with Gasteiger partial charge in [0, 0.05) is 70.9 Å². The molecular weight excluding hydrogens is 342 g/mol. The fourth-order valence-corrected chi connectivity index (χ4v) is 3.58. The van der Waals surface area contributed by atoms with Crippen LogP contribution in [0.25, 0.3) is 0 Å². The van der Waals surface area contributed by atoms with Gasteiger partial charge in [-0.1, -0.05) is 6.07 Å². The number of hydrogen-bond donors (Lipinski definition) is 0. The first-order chi connectivity index (χ1) is 13.3. The Hall–Kier alpha value is -2.74. The zero-order chi connectivity index (χ0) is 18.5. The third-order valence-electron chi connectivity index (χ3n) is 5.17. The molecule has 27 heavy (non-hydrogen) atoms. The third kappa shape index (κ3) is 4.33. The first kappa shape index (κ1) is 17.7. The largest absolute Gasteiger partial charge is 0.354 e. The molecular formula is C19H25N7O. The van der Waals surface area contributed by atoms with Gasteiger partial charge in [0.2, 0.25) is 11.9 Å². The lowest BCUT2D eigenvalue weighted by Gasteiger charge is -2.38. The molecule has 4 heterocycles. The van der Waals surface area contributed by atoms with Gasteiger partial charge in [-0.3, -0.25) is 9.69 Å². The van der Waals surface area contributed by atoms with Crippen molar-refractivity contribution in [3.63, 3.8) is 0 Å². The van der Waals surface area contributed by atoms with Crippen LogP contribution in [0.4, 0.5) is 11.8 Å². The van der Waals surface area contributed by atoms with Crippen molar-refractivity contribution in [3.8, 4) is 0 Å². The summed E-state index contributed by atoms with van der Waals surface area (Å²) < 4.78 is 0. The standard InChI is InChI=1S/C19H25N7O/c27-18(25-12-14-26(15-13-25)19-21-6-3-7-22-19)16-23-8-10-24(11-9-23)17-4-1-2-5-20-17/h1-7H,8-16H2. The van der Waals surface area contributed by atoms with Crippen molar-refractivity contribution in [2.24, 2.45) is 0 Å². The number of pyridine rings is 1. The number of carbonyl (C=O) groups is 1. The zero-order valence-electron chi connectivity index (χ0n) is 15.4. The van der Waals surface area contributed by atoms with Crippen LogP contribution in [0.1, 0.15) is 0 Å². The summed E-state index contributed by atoms with van der Waals surface area (Å²) in [6.07, 6.45) is 5.33. The Morgan fingerprint density at radius 1 is 0.778 bits per heavy atom. The zero-order valence-corrected chi connectivity index (χ0v) is 15.4. The summed E-state index contributed by atoms with van der Waals surface area (Å²) in [6.45, 7) is 7.10. The molecule has 0 atom stereocenters. The van der Waals surface area contributed by atoms with Crippen LogP contribution in [0, 0.1) is 0 Å². The number of piperazine rings is 2. The Balaban J connectivity index is 1.22. The molecule has 0 saturated carbocycles. The predicted molar refractivity (Wildman–Crippen MR) is 104 cm³/mol. The van der Waals surface area contributed by atoms with E-state index in [0.717, 1.165) is 64.1 Å². The Bertz CT molecular complexity index is 726. The first-order valence-electron chi connectivity index (χ1n) is 9.48. The number of carbonyl (C=O) groups excluding carboxylic acids is 1. The Labute approximate surface area is 159 Å². The minimum absolute atomic E-state index is 0.218. The van der Waals surface area contributed by atoms with Gasteiger partial charge in [-0.2, -0.15) is 0 Å². The van der Waals surface area contributed by atoms with E-state index in [1.165, 1.54) is 0 Å². The van der Waals surface area contributed by atoms with Crippen molar-refractivity contribution in [1.29, 1.82) is 0 Å². The molecule has 8 nitrogen and oxygen atoms in total. The minimum atomic E-state index is 0.218. The smallest absolute Gasteiger partial charge is 0.236 e. The third-order valence-corrected chi connectivity index (χ3v) is 5.17. The number of nitrogens with zero attached hydrogens (tertiary/aromatic N) is 7. The lowest BCUT2D eigenvalue weighted by Crippen LogP contribution is -2.54. The fourth-order valence-electron chi connectivity index (χ4n) is 3.58. The summed E-state index contributed by atoms with van der Waals surface area (Å²) >= 11 is 0. The summed E-state index contributed by atoms with van der Waals surface area (Å²) in [4.78, 5) is 34.3. The summed E-state index contributed by atoms with van der Waals surface area (Å²) in [7, 11) is 0. The molecule has 4 rings (SSSR count). The van der Waals surface area contributed by atoms with Crippen molar-refractivity contribution in [1.82, 2.24) is 24.8 Å². The summed E-state index contributed by atoms with van der Waals surface area (Å²) in [5, 5.41) is 0. The number of hydrogen-bond acceptors (Lipinski definition) is 7. The molecule has 0 N–H and O–H groups in total. The van der Waals surface area contributed by atoms with Crippen LogP contribution in [-0.2, 0) is 4.79 Å². The number of rotatable bonds is 4. The van der Waals surface area contributed by atoms with Gasteiger partial charge < -0.3 is 14.7 Å². The van der Waals surface area contributed by atoms with E-state index in [4.69, 9.17) is 0 Å². The molecule has 0 aromatic carbocycles. The molecule has 2 fully saturated rings. The summed E-state index contributed by atoms with van der Waals surface area (Å²) in [5.74, 6) is 1.98. The van der Waals surface area contributed by atoms with Crippen LogP contribution < -0.4 is 9.80 Å². The van der Waals surface area contributed by atoms with Gasteiger partial charge in [0.1, 0.15) is 5.82 Å². The van der Waals surface area contributed by atoms with Crippen molar-refractivity contribution in [3.05, 3.63) is 42.9 Å². The first-order valence-corrected chi connectivity index (χ1v) is 9.48. The topological polar surface area (TPSA) is 68.7 Å². The molecule has 0 bridgehead atoms. The Morgan fingerprint density at radius 2 is 1.44 bits per heavy atom. The van der Waals surface area contributed by atoms with Gasteiger partial charge in [0.05, 0.1) is 6.54 Å². The van der Waals surface area contributed by atoms with Crippen LogP contribution in [0.2, 0.25) is 0 Å². The van der Waals surface area contributed by atoms with Gasteiger partial charge in [-0.05, 0) is 18.2 Å². The van der Waals surface area contributed by atoms with E-state index < -0.39 is 0 Å². The normalized spacial score (nSPS) is 18.6. The number of amides is 1. The van der Waals surface area contributed by atoms with Crippen molar-refractivity contribution in [2.75, 3.05) is 68.7 Å². The second kappa shape index (κ2) is 8.30. The van der Waals surface area contributed by atoms with Crippen molar-refractivity contribution >= 4 is 17.7 Å². The average Bonchev–Trinajstić information content (AvgIpc) is 2.76. The lowest BCUT2D eigenvalue weighted by atomic mass is 10.2. The molecule has 1 amide bonds. The molecule has 0 unspecified atom stereocenters. The maximum absolute atomic E-state index is 12.7. The van der Waals surface area contributed by atoms with Crippen LogP contribution in [-0.4, -0.2) is 89.6 Å². The van der Waals surface area contributed by atoms with Crippen molar-refractivity contribution < 1.29 is 4.79 Å². The second-order valence-corrected chi connectivity index (χ2v) is 6.87. The summed E-state index contributed by atoms with van der Waals surface area (Å²) in [5.41, 5.74) is 0. The van der Waals surface area contributed by atoms with E-state index >= 15 is 0 Å². The molecule has 2 aromatic rings. The van der Waals surface area contributed by atoms with Gasteiger partial charge >= 0.3 is 0 Å². The number of aromatic nitrogens is 3. The van der Waals surface area contributed by atoms with Gasteiger partial charge in [-0.15, -0.1) is 0 Å². The molecule has 0 aliphatic carbocycles. The van der Waals surface area contributed by atoms with Gasteiger partial charge in [-0.25, -0.2) is 15.0 Å². The van der Waals surface area contributed by atoms with E-state index in [9.17, 15) is 4.79 Å². The van der Waals surface area contributed by atoms with E-state index in [2.05, 4.69) is 29.7 Å². The molecule has 0 radical (unpaired) electrons. The van der Waals surface area contributed by atoms with Crippen molar-refractivity contribution in [2.45, 2.75) is 0 Å². The predicted octanol–water partition coefficient (Wildman–Crippen LogP) is 0.342. The molecule has 0 spiro atoms. The molecule has 8 heteroatoms. The molecule has 142 valence electrons. The van der Waals surface area contributed by atoms with E-state index in [1.807, 2.05) is 35.4 Å². The second-order valence-electron chi connectivity index (χ2n) is 6.87. The maximum atomic E-state index is 12.7. The maximum Gasteiger partial charge on any atom is 0.236 e. The van der Waals surface area contributed by atoms with E-state index in [1.54, 1.807) is 12.4 Å². The quantitative estimate of drug-likeness (QED) is 0.772. The molecule has 2 saturated heterocycles. The monoisotopic (exact) mass is 367 g/mol. The van der Waals surface area contributed by atoms with Crippen LogP contribution >= 0.6 is 0 Å². The minimum Gasteiger partial charge on any atom is -0.354 e. The van der Waals surface area contributed by atoms with Crippen LogP contribution in [0.5, 0.6) is 0 Å². The molecule has 2 aromatic heterocycles. The number of anilines is 2. The van der Waals surface area contributed by atoms with E-state index in [0.29, 0.717) is 6.54 Å². The van der Waals surface area contributed by atoms with Crippen LogP contribution in [0.15, 0.2) is 42.9 Å². The highest BCUT2D eigenvalue weighted by molar-refractivity contribution is 5.78. The highest BCUT2D eigenvalue weighted by Gasteiger charge is 2.25. The lowest BCUT2D eigenvalue weighted by molar-refractivity contribution is -0.132. The van der Waals surface area contributed by atoms with E-state index in [-0.39, 0.29) is 5.91 Å². The summed E-state index contributed by atoms with van der Waals surface area (Å²) in [6, 6.07) is 7.80. The highest BCUT2D eigenvalue weighted by Crippen LogP contribution is 2.13. The Kier molecular flexibility index (Phi) is 5.43. The average molecular weight is 367 g/mol. The van der Waals surface area contributed by atoms with Crippen LogP contribution in [0.3, 0.4) is 0 Å². The Morgan fingerprint density at radius 3 is 2.11 bits per heavy atom. The van der Waals surface area contributed by atoms with Gasteiger partial charge in [0.25, 0.3) is 0 Å².